The van der Waals surface area contributed by atoms with Gasteiger partial charge in [0.1, 0.15) is 0 Å². The first-order chi connectivity index (χ1) is 8.50. The second kappa shape index (κ2) is 4.86. The zero-order valence-electron chi connectivity index (χ0n) is 10.5. The van der Waals surface area contributed by atoms with Crippen molar-refractivity contribution in [3.8, 4) is 0 Å². The van der Waals surface area contributed by atoms with Crippen LogP contribution in [0.4, 0.5) is 5.69 Å². The SMILES string of the molecule is Cc1ccc(N(C)C(=O)c2ccoc2Cl)c(C)c1. The lowest BCUT2D eigenvalue weighted by atomic mass is 10.1. The Labute approximate surface area is 111 Å². The van der Waals surface area contributed by atoms with E-state index < -0.39 is 0 Å². The maximum absolute atomic E-state index is 12.2. The minimum atomic E-state index is -0.180. The number of hydrogen-bond acceptors (Lipinski definition) is 2. The second-order valence-electron chi connectivity index (χ2n) is 4.26. The molecule has 1 aromatic carbocycles. The van der Waals surface area contributed by atoms with Crippen molar-refractivity contribution < 1.29 is 9.21 Å². The lowest BCUT2D eigenvalue weighted by molar-refractivity contribution is 0.0992. The van der Waals surface area contributed by atoms with Crippen molar-refractivity contribution in [3.05, 3.63) is 52.4 Å². The third kappa shape index (κ3) is 2.27. The van der Waals surface area contributed by atoms with Crippen LogP contribution in [0.5, 0.6) is 0 Å². The summed E-state index contributed by atoms with van der Waals surface area (Å²) in [5.41, 5.74) is 3.45. The lowest BCUT2D eigenvalue weighted by Crippen LogP contribution is -2.26. The Balaban J connectivity index is 2.34. The molecule has 2 aromatic rings. The third-order valence-corrected chi connectivity index (χ3v) is 3.16. The molecule has 94 valence electrons. The summed E-state index contributed by atoms with van der Waals surface area (Å²) in [6, 6.07) is 7.51. The molecule has 0 spiro atoms. The van der Waals surface area contributed by atoms with E-state index in [0.717, 1.165) is 11.3 Å². The first-order valence-corrected chi connectivity index (χ1v) is 5.97. The van der Waals surface area contributed by atoms with Gasteiger partial charge in [-0.15, -0.1) is 0 Å². The quantitative estimate of drug-likeness (QED) is 0.825. The molecule has 0 aliphatic heterocycles. The van der Waals surface area contributed by atoms with Gasteiger partial charge < -0.3 is 9.32 Å². The highest BCUT2D eigenvalue weighted by molar-refractivity contribution is 6.32. The van der Waals surface area contributed by atoms with Crippen molar-refractivity contribution in [2.45, 2.75) is 13.8 Å². The number of halogens is 1. The molecule has 0 saturated carbocycles. The van der Waals surface area contributed by atoms with E-state index in [-0.39, 0.29) is 11.1 Å². The molecule has 0 radical (unpaired) electrons. The van der Waals surface area contributed by atoms with Crippen LogP contribution in [0.15, 0.2) is 34.9 Å². The number of amides is 1. The van der Waals surface area contributed by atoms with E-state index in [1.807, 2.05) is 32.0 Å². The number of hydrogen-bond donors (Lipinski definition) is 0. The average molecular weight is 264 g/mol. The fraction of sp³-hybridized carbons (Fsp3) is 0.214. The highest BCUT2D eigenvalue weighted by atomic mass is 35.5. The number of carbonyl (C=O) groups is 1. The molecule has 0 aliphatic rings. The first kappa shape index (κ1) is 12.7. The molecule has 1 amide bonds. The van der Waals surface area contributed by atoms with Gasteiger partial charge in [-0.3, -0.25) is 4.79 Å². The van der Waals surface area contributed by atoms with Crippen molar-refractivity contribution >= 4 is 23.2 Å². The molecular formula is C14H14ClNO2. The Kier molecular flexibility index (Phi) is 3.43. The van der Waals surface area contributed by atoms with E-state index in [1.54, 1.807) is 18.0 Å². The molecule has 0 saturated heterocycles. The molecular weight excluding hydrogens is 250 g/mol. The van der Waals surface area contributed by atoms with Gasteiger partial charge in [-0.2, -0.15) is 0 Å². The van der Waals surface area contributed by atoms with Crippen LogP contribution in [0.2, 0.25) is 5.22 Å². The molecule has 2 rings (SSSR count). The summed E-state index contributed by atoms with van der Waals surface area (Å²) in [6.07, 6.45) is 1.41. The Morgan fingerprint density at radius 1 is 1.28 bits per heavy atom. The van der Waals surface area contributed by atoms with Gasteiger partial charge in [0.15, 0.2) is 0 Å². The summed E-state index contributed by atoms with van der Waals surface area (Å²) in [5.74, 6) is -0.180. The topological polar surface area (TPSA) is 33.5 Å². The van der Waals surface area contributed by atoms with E-state index in [2.05, 4.69) is 0 Å². The standard InChI is InChI=1S/C14H14ClNO2/c1-9-4-5-12(10(2)8-9)16(3)14(17)11-6-7-18-13(11)15/h4-8H,1-3H3. The van der Waals surface area contributed by atoms with Gasteiger partial charge in [0.25, 0.3) is 5.91 Å². The number of rotatable bonds is 2. The highest BCUT2D eigenvalue weighted by Gasteiger charge is 2.19. The van der Waals surface area contributed by atoms with Crippen LogP contribution < -0.4 is 4.90 Å². The third-order valence-electron chi connectivity index (χ3n) is 2.87. The molecule has 4 heteroatoms. The summed E-state index contributed by atoms with van der Waals surface area (Å²) in [6.45, 7) is 3.99. The minimum absolute atomic E-state index is 0.122. The first-order valence-electron chi connectivity index (χ1n) is 5.59. The van der Waals surface area contributed by atoms with Crippen LogP contribution in [0, 0.1) is 13.8 Å². The zero-order chi connectivity index (χ0) is 13.3. The number of furan rings is 1. The number of benzene rings is 1. The number of anilines is 1. The smallest absolute Gasteiger partial charge is 0.262 e. The van der Waals surface area contributed by atoms with Crippen LogP contribution in [0.3, 0.4) is 0 Å². The normalized spacial score (nSPS) is 10.4. The molecule has 0 unspecified atom stereocenters. The average Bonchev–Trinajstić information content (AvgIpc) is 2.74. The number of aryl methyl sites for hydroxylation is 2. The maximum atomic E-state index is 12.2. The predicted molar refractivity (Wildman–Crippen MR) is 72.4 cm³/mol. The molecule has 18 heavy (non-hydrogen) atoms. The van der Waals surface area contributed by atoms with E-state index in [9.17, 15) is 4.79 Å². The van der Waals surface area contributed by atoms with Gasteiger partial charge in [0, 0.05) is 12.7 Å². The van der Waals surface area contributed by atoms with Gasteiger partial charge in [-0.05, 0) is 43.1 Å². The van der Waals surface area contributed by atoms with Gasteiger partial charge >= 0.3 is 0 Å². The van der Waals surface area contributed by atoms with Gasteiger partial charge in [-0.25, -0.2) is 0 Å². The maximum Gasteiger partial charge on any atom is 0.262 e. The van der Waals surface area contributed by atoms with Crippen molar-refractivity contribution in [3.63, 3.8) is 0 Å². The van der Waals surface area contributed by atoms with Crippen molar-refractivity contribution in [2.75, 3.05) is 11.9 Å². The summed E-state index contributed by atoms with van der Waals surface area (Å²) in [4.78, 5) is 13.8. The Bertz CT molecular complexity index is 589. The second-order valence-corrected chi connectivity index (χ2v) is 4.61. The van der Waals surface area contributed by atoms with Gasteiger partial charge in [-0.1, -0.05) is 17.7 Å². The van der Waals surface area contributed by atoms with E-state index in [0.29, 0.717) is 5.56 Å². The van der Waals surface area contributed by atoms with Crippen LogP contribution in [-0.2, 0) is 0 Å². The molecule has 0 aliphatic carbocycles. The molecule has 0 N–H and O–H groups in total. The minimum Gasteiger partial charge on any atom is -0.452 e. The van der Waals surface area contributed by atoms with E-state index in [4.69, 9.17) is 16.0 Å². The monoisotopic (exact) mass is 263 g/mol. The lowest BCUT2D eigenvalue weighted by Gasteiger charge is -2.19. The van der Waals surface area contributed by atoms with Crippen molar-refractivity contribution in [1.82, 2.24) is 0 Å². The molecule has 0 atom stereocenters. The number of carbonyl (C=O) groups excluding carboxylic acids is 1. The fourth-order valence-electron chi connectivity index (χ4n) is 1.92. The summed E-state index contributed by atoms with van der Waals surface area (Å²) in [7, 11) is 1.73. The van der Waals surface area contributed by atoms with Crippen molar-refractivity contribution in [2.24, 2.45) is 0 Å². The molecule has 1 heterocycles. The summed E-state index contributed by atoms with van der Waals surface area (Å²) < 4.78 is 4.94. The highest BCUT2D eigenvalue weighted by Crippen LogP contribution is 2.24. The van der Waals surface area contributed by atoms with Crippen LogP contribution in [0.25, 0.3) is 0 Å². The van der Waals surface area contributed by atoms with Crippen LogP contribution in [0.1, 0.15) is 21.5 Å². The summed E-state index contributed by atoms with van der Waals surface area (Å²) in [5, 5.41) is 0.122. The van der Waals surface area contributed by atoms with Crippen molar-refractivity contribution in [1.29, 1.82) is 0 Å². The van der Waals surface area contributed by atoms with E-state index in [1.165, 1.54) is 11.8 Å². The zero-order valence-corrected chi connectivity index (χ0v) is 11.3. The Morgan fingerprint density at radius 3 is 2.56 bits per heavy atom. The molecule has 0 fully saturated rings. The fourth-order valence-corrected chi connectivity index (χ4v) is 2.11. The van der Waals surface area contributed by atoms with Crippen LogP contribution >= 0.6 is 11.6 Å². The van der Waals surface area contributed by atoms with Gasteiger partial charge in [0.05, 0.1) is 11.8 Å². The van der Waals surface area contributed by atoms with E-state index >= 15 is 0 Å². The molecule has 3 nitrogen and oxygen atoms in total. The largest absolute Gasteiger partial charge is 0.452 e. The van der Waals surface area contributed by atoms with Gasteiger partial charge in [0.2, 0.25) is 5.22 Å². The number of nitrogens with zero attached hydrogens (tertiary/aromatic N) is 1. The Morgan fingerprint density at radius 2 is 2.00 bits per heavy atom. The Hall–Kier alpha value is -1.74. The summed E-state index contributed by atoms with van der Waals surface area (Å²) >= 11 is 5.82. The molecule has 0 bridgehead atoms. The predicted octanol–water partition coefficient (Wildman–Crippen LogP) is 3.83. The molecule has 1 aromatic heterocycles. The van der Waals surface area contributed by atoms with Crippen LogP contribution in [-0.4, -0.2) is 13.0 Å².